The third kappa shape index (κ3) is 1.46. The number of aryl methyl sites for hydroxylation is 2. The predicted molar refractivity (Wildman–Crippen MR) is 68.2 cm³/mol. The monoisotopic (exact) mass is 243 g/mol. The van der Waals surface area contributed by atoms with Gasteiger partial charge in [-0.25, -0.2) is 4.98 Å². The summed E-state index contributed by atoms with van der Waals surface area (Å²) in [4.78, 5) is 19.0. The lowest BCUT2D eigenvalue weighted by Crippen LogP contribution is -2.10. The molecule has 1 N–H and O–H groups in total. The number of aromatic nitrogens is 5. The lowest BCUT2D eigenvalue weighted by atomic mass is 10.1. The van der Waals surface area contributed by atoms with Gasteiger partial charge in [0.1, 0.15) is 11.0 Å². The molecule has 6 nitrogen and oxygen atoms in total. The van der Waals surface area contributed by atoms with Gasteiger partial charge in [0.25, 0.3) is 5.56 Å². The Balaban J connectivity index is 2.35. The number of nitrogens with zero attached hydrogens (tertiary/aromatic N) is 4. The van der Waals surface area contributed by atoms with Crippen molar-refractivity contribution in [2.45, 2.75) is 13.5 Å². The molecule has 92 valence electrons. The number of aromatic amines is 1. The van der Waals surface area contributed by atoms with E-state index in [1.54, 1.807) is 23.4 Å². The molecule has 3 aromatic rings. The van der Waals surface area contributed by atoms with Gasteiger partial charge in [0.2, 0.25) is 0 Å². The molecule has 3 rings (SSSR count). The Morgan fingerprint density at radius 3 is 2.94 bits per heavy atom. The van der Waals surface area contributed by atoms with Crippen molar-refractivity contribution in [2.24, 2.45) is 7.05 Å². The quantitative estimate of drug-likeness (QED) is 0.734. The molecule has 3 aromatic heterocycles. The summed E-state index contributed by atoms with van der Waals surface area (Å²) in [5.41, 5.74) is 3.05. The number of imidazole rings is 1. The minimum absolute atomic E-state index is 0.114. The molecule has 0 saturated carbocycles. The molecule has 0 bridgehead atoms. The van der Waals surface area contributed by atoms with Gasteiger partial charge in [0.05, 0.1) is 12.5 Å². The van der Waals surface area contributed by atoms with E-state index in [-0.39, 0.29) is 5.56 Å². The lowest BCUT2D eigenvalue weighted by Gasteiger charge is -2.00. The smallest absolute Gasteiger partial charge is 0.274 e. The van der Waals surface area contributed by atoms with Gasteiger partial charge >= 0.3 is 0 Å². The Bertz CT molecular complexity index is 764. The number of fused-ring (bicyclic) bond motifs is 1. The highest BCUT2D eigenvalue weighted by atomic mass is 16.1. The number of pyridine rings is 1. The van der Waals surface area contributed by atoms with Crippen LogP contribution in [0.15, 0.2) is 29.7 Å². The average molecular weight is 243 g/mol. The molecule has 0 aliphatic carbocycles. The van der Waals surface area contributed by atoms with E-state index < -0.39 is 0 Å². The van der Waals surface area contributed by atoms with E-state index in [4.69, 9.17) is 0 Å². The average Bonchev–Trinajstić information content (AvgIpc) is 2.96. The van der Waals surface area contributed by atoms with Crippen LogP contribution < -0.4 is 5.56 Å². The summed E-state index contributed by atoms with van der Waals surface area (Å²) < 4.78 is 3.57. The van der Waals surface area contributed by atoms with Crippen molar-refractivity contribution >= 4 is 11.0 Å². The molecule has 0 aliphatic rings. The fourth-order valence-corrected chi connectivity index (χ4v) is 2.11. The van der Waals surface area contributed by atoms with Gasteiger partial charge in [-0.2, -0.15) is 5.10 Å². The zero-order chi connectivity index (χ0) is 12.7. The second-order valence-electron chi connectivity index (χ2n) is 4.16. The Morgan fingerprint density at radius 2 is 2.28 bits per heavy atom. The predicted octanol–water partition coefficient (Wildman–Crippen LogP) is 1.14. The number of nitrogens with one attached hydrogen (secondary N) is 1. The first-order chi connectivity index (χ1) is 8.70. The van der Waals surface area contributed by atoms with E-state index >= 15 is 0 Å². The van der Waals surface area contributed by atoms with E-state index in [1.165, 1.54) is 0 Å². The highest BCUT2D eigenvalue weighted by molar-refractivity contribution is 5.90. The topological polar surface area (TPSA) is 68.5 Å². The van der Waals surface area contributed by atoms with Crippen LogP contribution in [0.3, 0.4) is 0 Å². The van der Waals surface area contributed by atoms with Crippen molar-refractivity contribution in [3.63, 3.8) is 0 Å². The van der Waals surface area contributed by atoms with Crippen LogP contribution >= 0.6 is 0 Å². The van der Waals surface area contributed by atoms with Crippen molar-refractivity contribution in [2.75, 3.05) is 0 Å². The Hall–Kier alpha value is -2.37. The molecule has 0 saturated heterocycles. The minimum Gasteiger partial charge on any atom is -0.327 e. The number of hydrogen-bond donors (Lipinski definition) is 1. The fraction of sp³-hybridized carbons (Fsp3) is 0.250. The van der Waals surface area contributed by atoms with E-state index in [2.05, 4.69) is 15.1 Å². The molecule has 3 heterocycles. The van der Waals surface area contributed by atoms with Crippen LogP contribution in [0, 0.1) is 0 Å². The zero-order valence-corrected chi connectivity index (χ0v) is 10.2. The SMILES string of the molecule is CCn1cnc2c(-c3cnn(C)c3)c[nH]c(=O)c21. The first-order valence-electron chi connectivity index (χ1n) is 5.76. The highest BCUT2D eigenvalue weighted by Gasteiger charge is 2.12. The van der Waals surface area contributed by atoms with Crippen molar-refractivity contribution in [1.82, 2.24) is 24.3 Å². The molecule has 0 spiro atoms. The van der Waals surface area contributed by atoms with Crippen molar-refractivity contribution in [3.05, 3.63) is 35.3 Å². The van der Waals surface area contributed by atoms with Crippen LogP contribution in [-0.2, 0) is 13.6 Å². The number of hydrogen-bond acceptors (Lipinski definition) is 3. The molecule has 0 radical (unpaired) electrons. The lowest BCUT2D eigenvalue weighted by molar-refractivity contribution is 0.768. The summed E-state index contributed by atoms with van der Waals surface area (Å²) in [5.74, 6) is 0. The molecule has 0 aliphatic heterocycles. The molecule has 6 heteroatoms. The number of rotatable bonds is 2. The summed E-state index contributed by atoms with van der Waals surface area (Å²) in [5, 5.41) is 4.14. The first-order valence-corrected chi connectivity index (χ1v) is 5.76. The third-order valence-corrected chi connectivity index (χ3v) is 3.01. The Labute approximate surface area is 103 Å². The third-order valence-electron chi connectivity index (χ3n) is 3.01. The normalized spacial score (nSPS) is 11.2. The van der Waals surface area contributed by atoms with Crippen LogP contribution in [0.5, 0.6) is 0 Å². The summed E-state index contributed by atoms with van der Waals surface area (Å²) in [6.45, 7) is 2.70. The molecule has 0 fully saturated rings. The number of H-pyrrole nitrogens is 1. The minimum atomic E-state index is -0.114. The summed E-state index contributed by atoms with van der Waals surface area (Å²) in [7, 11) is 1.86. The van der Waals surface area contributed by atoms with Crippen molar-refractivity contribution < 1.29 is 0 Å². The van der Waals surface area contributed by atoms with Crippen LogP contribution in [0.4, 0.5) is 0 Å². The highest BCUT2D eigenvalue weighted by Crippen LogP contribution is 2.24. The van der Waals surface area contributed by atoms with Crippen molar-refractivity contribution in [1.29, 1.82) is 0 Å². The van der Waals surface area contributed by atoms with Gasteiger partial charge in [0, 0.05) is 37.1 Å². The second kappa shape index (κ2) is 3.83. The fourth-order valence-electron chi connectivity index (χ4n) is 2.11. The standard InChI is InChI=1S/C12H13N5O/c1-3-17-7-14-10-9(5-13-12(18)11(10)17)8-4-15-16(2)6-8/h4-7H,3H2,1-2H3,(H,13,18). The second-order valence-corrected chi connectivity index (χ2v) is 4.16. The Morgan fingerprint density at radius 1 is 1.44 bits per heavy atom. The van der Waals surface area contributed by atoms with Gasteiger partial charge in [-0.05, 0) is 6.92 Å². The van der Waals surface area contributed by atoms with Gasteiger partial charge in [-0.1, -0.05) is 0 Å². The zero-order valence-electron chi connectivity index (χ0n) is 10.2. The first kappa shape index (κ1) is 10.8. The van der Waals surface area contributed by atoms with Crippen LogP contribution in [0.2, 0.25) is 0 Å². The summed E-state index contributed by atoms with van der Waals surface area (Å²) in [6.07, 6.45) is 7.05. The van der Waals surface area contributed by atoms with Gasteiger partial charge in [-0.15, -0.1) is 0 Å². The van der Waals surface area contributed by atoms with E-state index in [1.807, 2.05) is 24.7 Å². The van der Waals surface area contributed by atoms with E-state index in [9.17, 15) is 4.79 Å². The molecule has 0 aromatic carbocycles. The van der Waals surface area contributed by atoms with E-state index in [0.717, 1.165) is 17.7 Å². The molecule has 18 heavy (non-hydrogen) atoms. The Kier molecular flexibility index (Phi) is 2.29. The van der Waals surface area contributed by atoms with Crippen LogP contribution in [0.1, 0.15) is 6.92 Å². The molecule has 0 atom stereocenters. The summed E-state index contributed by atoms with van der Waals surface area (Å²) in [6, 6.07) is 0. The largest absolute Gasteiger partial charge is 0.327 e. The maximum absolute atomic E-state index is 11.9. The van der Waals surface area contributed by atoms with Gasteiger partial charge in [-0.3, -0.25) is 9.48 Å². The molecular formula is C12H13N5O. The van der Waals surface area contributed by atoms with Gasteiger partial charge in [0.15, 0.2) is 0 Å². The maximum atomic E-state index is 11.9. The van der Waals surface area contributed by atoms with Crippen molar-refractivity contribution in [3.8, 4) is 11.1 Å². The van der Waals surface area contributed by atoms with E-state index in [0.29, 0.717) is 11.0 Å². The van der Waals surface area contributed by atoms with Crippen LogP contribution in [-0.4, -0.2) is 24.3 Å². The molecule has 0 unspecified atom stereocenters. The molecule has 0 amide bonds. The summed E-state index contributed by atoms with van der Waals surface area (Å²) >= 11 is 0. The van der Waals surface area contributed by atoms with Crippen LogP contribution in [0.25, 0.3) is 22.2 Å². The van der Waals surface area contributed by atoms with Gasteiger partial charge < -0.3 is 9.55 Å². The molecular weight excluding hydrogens is 230 g/mol. The maximum Gasteiger partial charge on any atom is 0.274 e.